The van der Waals surface area contributed by atoms with Gasteiger partial charge in [0.1, 0.15) is 17.8 Å². The molecule has 3 aliphatic heterocycles. The Bertz CT molecular complexity index is 1230. The molecule has 2 unspecified atom stereocenters. The first-order chi connectivity index (χ1) is 15.7. The minimum absolute atomic E-state index is 0.180. The minimum Gasteiger partial charge on any atom is -0.508 e. The summed E-state index contributed by atoms with van der Waals surface area (Å²) in [5.41, 5.74) is 1.19. The number of aromatic hydroxyl groups is 1. The summed E-state index contributed by atoms with van der Waals surface area (Å²) in [6, 6.07) is 8.58. The quantitative estimate of drug-likeness (QED) is 0.567. The van der Waals surface area contributed by atoms with E-state index in [0.29, 0.717) is 25.6 Å². The predicted molar refractivity (Wildman–Crippen MR) is 128 cm³/mol. The number of rotatable bonds is 6. The van der Waals surface area contributed by atoms with Crippen LogP contribution in [0.2, 0.25) is 0 Å². The molecule has 4 heterocycles. The zero-order valence-corrected chi connectivity index (χ0v) is 19.8. The number of nitrogens with zero attached hydrogens (tertiary/aromatic N) is 5. The van der Waals surface area contributed by atoms with Crippen molar-refractivity contribution in [1.82, 2.24) is 23.9 Å². The Kier molecular flexibility index (Phi) is 5.55. The number of hydrogen-bond acceptors (Lipinski definition) is 9. The molecule has 3 aliphatic rings. The second-order valence-electron chi connectivity index (χ2n) is 8.76. The molecule has 2 atom stereocenters. The van der Waals surface area contributed by atoms with Crippen molar-refractivity contribution >= 4 is 33.1 Å². The van der Waals surface area contributed by atoms with Crippen molar-refractivity contribution in [3.63, 3.8) is 0 Å². The Morgan fingerprint density at radius 2 is 2.18 bits per heavy atom. The van der Waals surface area contributed by atoms with Crippen molar-refractivity contribution in [2.24, 2.45) is 4.99 Å². The monoisotopic (exact) mass is 487 g/mol. The van der Waals surface area contributed by atoms with Gasteiger partial charge in [-0.15, -0.1) is 0 Å². The molecule has 0 bridgehead atoms. The number of anilines is 1. The molecule has 3 N–H and O–H groups in total. The normalized spacial score (nSPS) is 25.3. The highest BCUT2D eigenvalue weighted by atomic mass is 32.2. The van der Waals surface area contributed by atoms with Crippen molar-refractivity contribution in [2.75, 3.05) is 25.0 Å². The standard InChI is InChI=1S/C21H25N7O3S2/c1-21(2)13-27(33(30,31)26-21)9-8-23-19-22-7-6-16(24-19)18-17(14-4-3-5-15(29)12-14)25-20-28(18)10-11-32-20/h3-7,10-12,17-18,26,29H,8-9,13H2,1-2H3,(H,22,23,24). The summed E-state index contributed by atoms with van der Waals surface area (Å²) in [6.45, 7) is 4.81. The molecule has 1 aromatic heterocycles. The van der Waals surface area contributed by atoms with Gasteiger partial charge >= 0.3 is 0 Å². The Morgan fingerprint density at radius 1 is 1.33 bits per heavy atom. The van der Waals surface area contributed by atoms with E-state index < -0.39 is 15.7 Å². The smallest absolute Gasteiger partial charge is 0.280 e. The number of nitrogens with one attached hydrogen (secondary N) is 2. The first-order valence-electron chi connectivity index (χ1n) is 10.6. The average Bonchev–Trinajstić information content (AvgIpc) is 3.39. The highest BCUT2D eigenvalue weighted by Crippen LogP contribution is 2.46. The van der Waals surface area contributed by atoms with Crippen LogP contribution in [0.25, 0.3) is 0 Å². The van der Waals surface area contributed by atoms with Crippen LogP contribution in [0.1, 0.15) is 37.2 Å². The summed E-state index contributed by atoms with van der Waals surface area (Å²) in [6.07, 6.45) is 3.67. The number of aliphatic imine (C=N–C) groups is 1. The van der Waals surface area contributed by atoms with Crippen molar-refractivity contribution in [1.29, 1.82) is 0 Å². The maximum Gasteiger partial charge on any atom is 0.280 e. The molecule has 0 amide bonds. The van der Waals surface area contributed by atoms with E-state index >= 15 is 0 Å². The topological polar surface area (TPSA) is 123 Å². The fourth-order valence-electron chi connectivity index (χ4n) is 4.29. The summed E-state index contributed by atoms with van der Waals surface area (Å²) in [5.74, 6) is 0.622. The van der Waals surface area contributed by atoms with E-state index in [1.165, 1.54) is 4.31 Å². The lowest BCUT2D eigenvalue weighted by Gasteiger charge is -2.25. The number of amidine groups is 1. The van der Waals surface area contributed by atoms with Crippen molar-refractivity contribution < 1.29 is 13.5 Å². The molecule has 2 aromatic rings. The second-order valence-corrected chi connectivity index (χ2v) is 11.3. The first-order valence-corrected chi connectivity index (χ1v) is 12.9. The number of fused-ring (bicyclic) bond motifs is 1. The van der Waals surface area contributed by atoms with Crippen LogP contribution >= 0.6 is 11.8 Å². The van der Waals surface area contributed by atoms with Crippen LogP contribution in [-0.2, 0) is 10.2 Å². The van der Waals surface area contributed by atoms with Crippen LogP contribution in [0.5, 0.6) is 5.75 Å². The van der Waals surface area contributed by atoms with E-state index in [1.54, 1.807) is 30.1 Å². The molecule has 0 saturated carbocycles. The maximum atomic E-state index is 12.3. The zero-order valence-electron chi connectivity index (χ0n) is 18.2. The van der Waals surface area contributed by atoms with Gasteiger partial charge in [0.05, 0.1) is 5.69 Å². The fourth-order valence-corrected chi connectivity index (χ4v) is 6.79. The first kappa shape index (κ1) is 22.1. The van der Waals surface area contributed by atoms with E-state index in [0.717, 1.165) is 16.4 Å². The van der Waals surface area contributed by atoms with E-state index in [1.807, 2.05) is 43.7 Å². The average molecular weight is 488 g/mol. The minimum atomic E-state index is -3.47. The van der Waals surface area contributed by atoms with Gasteiger partial charge in [-0.1, -0.05) is 23.9 Å². The lowest BCUT2D eigenvalue weighted by Crippen LogP contribution is -2.36. The highest BCUT2D eigenvalue weighted by molar-refractivity contribution is 8.16. The SMILES string of the molecule is CC1(C)CN(CCNc2nccc(C3C(c4cccc(O)c4)N=C4SC=CN43)n2)S(=O)(=O)N1. The number of thioether (sulfide) groups is 1. The molecule has 0 spiro atoms. The summed E-state index contributed by atoms with van der Waals surface area (Å²) in [4.78, 5) is 16.0. The summed E-state index contributed by atoms with van der Waals surface area (Å²) >= 11 is 1.55. The van der Waals surface area contributed by atoms with Crippen LogP contribution in [0, 0.1) is 0 Å². The van der Waals surface area contributed by atoms with Gasteiger partial charge in [-0.3, -0.25) is 4.99 Å². The van der Waals surface area contributed by atoms with Gasteiger partial charge < -0.3 is 15.3 Å². The lowest BCUT2D eigenvalue weighted by molar-refractivity contribution is 0.386. The summed E-state index contributed by atoms with van der Waals surface area (Å²) in [5, 5.41) is 16.0. The molecule has 0 radical (unpaired) electrons. The molecule has 12 heteroatoms. The van der Waals surface area contributed by atoms with Crippen LogP contribution < -0.4 is 10.0 Å². The Labute approximate surface area is 197 Å². The van der Waals surface area contributed by atoms with E-state index in [4.69, 9.17) is 9.98 Å². The molecule has 1 aromatic carbocycles. The van der Waals surface area contributed by atoms with Gasteiger partial charge in [-0.05, 0) is 43.0 Å². The van der Waals surface area contributed by atoms with E-state index in [2.05, 4.69) is 19.9 Å². The summed E-state index contributed by atoms with van der Waals surface area (Å²) < 4.78 is 28.6. The number of phenols is 1. The van der Waals surface area contributed by atoms with E-state index in [-0.39, 0.29) is 17.8 Å². The lowest BCUT2D eigenvalue weighted by atomic mass is 9.97. The third-order valence-electron chi connectivity index (χ3n) is 5.62. The second kappa shape index (κ2) is 8.28. The Balaban J connectivity index is 1.33. The molecule has 5 rings (SSSR count). The van der Waals surface area contributed by atoms with Crippen LogP contribution in [0.3, 0.4) is 0 Å². The van der Waals surface area contributed by atoms with Crippen LogP contribution in [-0.4, -0.2) is 63.0 Å². The third kappa shape index (κ3) is 4.43. The third-order valence-corrected chi connectivity index (χ3v) is 8.20. The fraction of sp³-hybridized carbons (Fsp3) is 0.381. The van der Waals surface area contributed by atoms with Gasteiger partial charge in [0, 0.05) is 37.6 Å². The Hall–Kier alpha value is -2.67. The van der Waals surface area contributed by atoms with Crippen molar-refractivity contribution in [3.8, 4) is 5.75 Å². The largest absolute Gasteiger partial charge is 0.508 e. The van der Waals surface area contributed by atoms with E-state index in [9.17, 15) is 13.5 Å². The van der Waals surface area contributed by atoms with Crippen molar-refractivity contribution in [3.05, 3.63) is 59.4 Å². The van der Waals surface area contributed by atoms with Crippen LogP contribution in [0.15, 0.2) is 53.1 Å². The van der Waals surface area contributed by atoms with Crippen molar-refractivity contribution in [2.45, 2.75) is 31.5 Å². The molecule has 1 fully saturated rings. The van der Waals surface area contributed by atoms with Gasteiger partial charge in [-0.25, -0.2) is 9.97 Å². The zero-order chi connectivity index (χ0) is 23.2. The van der Waals surface area contributed by atoms with Gasteiger partial charge in [-0.2, -0.15) is 17.4 Å². The predicted octanol–water partition coefficient (Wildman–Crippen LogP) is 2.19. The molecule has 0 aliphatic carbocycles. The van der Waals surface area contributed by atoms with Crippen LogP contribution in [0.4, 0.5) is 5.95 Å². The summed E-state index contributed by atoms with van der Waals surface area (Å²) in [7, 11) is -3.47. The number of phenolic OH excluding ortho intramolecular Hbond substituents is 1. The molecular formula is C21H25N7O3S2. The van der Waals surface area contributed by atoms with Gasteiger partial charge in [0.25, 0.3) is 10.2 Å². The highest BCUT2D eigenvalue weighted by Gasteiger charge is 2.41. The number of benzene rings is 1. The number of hydrogen-bond donors (Lipinski definition) is 3. The molecule has 10 nitrogen and oxygen atoms in total. The maximum absolute atomic E-state index is 12.3. The molecule has 33 heavy (non-hydrogen) atoms. The molecule has 1 saturated heterocycles. The van der Waals surface area contributed by atoms with Gasteiger partial charge in [0.15, 0.2) is 5.17 Å². The molecule has 174 valence electrons. The Morgan fingerprint density at radius 3 is 2.94 bits per heavy atom. The number of aromatic nitrogens is 2. The molecular weight excluding hydrogens is 462 g/mol. The van der Waals surface area contributed by atoms with Gasteiger partial charge in [0.2, 0.25) is 5.95 Å².